The third kappa shape index (κ3) is 5.04. The highest BCUT2D eigenvalue weighted by Gasteiger charge is 2.02. The van der Waals surface area contributed by atoms with Crippen LogP contribution in [0.4, 0.5) is 0 Å². The van der Waals surface area contributed by atoms with Gasteiger partial charge in [0.25, 0.3) is 0 Å². The second kappa shape index (κ2) is 8.25. The molecule has 120 valence electrons. The van der Waals surface area contributed by atoms with Crippen molar-refractivity contribution in [2.24, 2.45) is 0 Å². The summed E-state index contributed by atoms with van der Waals surface area (Å²) in [5, 5.41) is 0. The summed E-state index contributed by atoms with van der Waals surface area (Å²) in [7, 11) is 0. The molecule has 0 bridgehead atoms. The van der Waals surface area contributed by atoms with Crippen molar-refractivity contribution in [1.82, 2.24) is 0 Å². The lowest BCUT2D eigenvalue weighted by Crippen LogP contribution is -2.11. The molecule has 0 aromatic heterocycles. The SMILES string of the molecule is CCC(=O)COCOc1ccc(-c2ccc(C(C)=O)cc2)cc1. The van der Waals surface area contributed by atoms with Gasteiger partial charge in [0, 0.05) is 12.0 Å². The topological polar surface area (TPSA) is 52.6 Å². The zero-order valence-electron chi connectivity index (χ0n) is 13.4. The van der Waals surface area contributed by atoms with Gasteiger partial charge < -0.3 is 9.47 Å². The molecule has 0 saturated carbocycles. The van der Waals surface area contributed by atoms with Crippen LogP contribution in [0, 0.1) is 0 Å². The third-order valence-electron chi connectivity index (χ3n) is 3.45. The molecular weight excluding hydrogens is 292 g/mol. The minimum atomic E-state index is 0.0537. The molecule has 0 aliphatic rings. The lowest BCUT2D eigenvalue weighted by Gasteiger charge is -2.08. The summed E-state index contributed by atoms with van der Waals surface area (Å²) >= 11 is 0. The molecule has 23 heavy (non-hydrogen) atoms. The highest BCUT2D eigenvalue weighted by molar-refractivity contribution is 5.94. The number of Topliss-reactive ketones (excluding diaryl/α,β-unsaturated/α-hetero) is 2. The first kappa shape index (κ1) is 16.9. The van der Waals surface area contributed by atoms with Crippen molar-refractivity contribution >= 4 is 11.6 Å². The van der Waals surface area contributed by atoms with Crippen LogP contribution >= 0.6 is 0 Å². The molecule has 0 aliphatic heterocycles. The Bertz CT molecular complexity index is 657. The maximum atomic E-state index is 11.3. The summed E-state index contributed by atoms with van der Waals surface area (Å²) in [4.78, 5) is 22.4. The van der Waals surface area contributed by atoms with Crippen LogP contribution in [0.15, 0.2) is 48.5 Å². The van der Waals surface area contributed by atoms with Gasteiger partial charge in [-0.15, -0.1) is 0 Å². The Morgan fingerprint density at radius 1 is 0.913 bits per heavy atom. The number of hydrogen-bond donors (Lipinski definition) is 0. The molecule has 0 saturated heterocycles. The summed E-state index contributed by atoms with van der Waals surface area (Å²) in [6.45, 7) is 3.49. The summed E-state index contributed by atoms with van der Waals surface area (Å²) in [6.07, 6.45) is 0.469. The van der Waals surface area contributed by atoms with Crippen molar-refractivity contribution in [3.05, 3.63) is 54.1 Å². The van der Waals surface area contributed by atoms with Gasteiger partial charge in [-0.3, -0.25) is 9.59 Å². The van der Waals surface area contributed by atoms with E-state index in [4.69, 9.17) is 9.47 Å². The standard InChI is InChI=1S/C19H20O4/c1-3-18(21)12-22-13-23-19-10-8-17(9-11-19)16-6-4-15(5-7-16)14(2)20/h4-11H,3,12-13H2,1-2H3. The summed E-state index contributed by atoms with van der Waals surface area (Å²) in [6, 6.07) is 15.1. The Balaban J connectivity index is 1.91. The first-order chi connectivity index (χ1) is 11.1. The van der Waals surface area contributed by atoms with Crippen molar-refractivity contribution in [1.29, 1.82) is 0 Å². The van der Waals surface area contributed by atoms with Gasteiger partial charge in [-0.25, -0.2) is 0 Å². The minimum absolute atomic E-state index is 0.0537. The van der Waals surface area contributed by atoms with Crippen LogP contribution in [-0.4, -0.2) is 25.0 Å². The van der Waals surface area contributed by atoms with Crippen LogP contribution in [0.3, 0.4) is 0 Å². The van der Waals surface area contributed by atoms with Crippen molar-refractivity contribution in [2.45, 2.75) is 20.3 Å². The van der Waals surface area contributed by atoms with Gasteiger partial charge in [0.15, 0.2) is 18.4 Å². The summed E-state index contributed by atoms with van der Waals surface area (Å²) in [5.41, 5.74) is 2.77. The molecule has 0 aliphatic carbocycles. The summed E-state index contributed by atoms with van der Waals surface area (Å²) < 4.78 is 10.6. The Hall–Kier alpha value is -2.46. The van der Waals surface area contributed by atoms with Gasteiger partial charge in [-0.2, -0.15) is 0 Å². The number of rotatable bonds is 8. The quantitative estimate of drug-likeness (QED) is 0.421. The van der Waals surface area contributed by atoms with Crippen LogP contribution in [0.5, 0.6) is 5.75 Å². The fourth-order valence-electron chi connectivity index (χ4n) is 2.01. The van der Waals surface area contributed by atoms with Crippen molar-refractivity contribution < 1.29 is 19.1 Å². The lowest BCUT2D eigenvalue weighted by atomic mass is 10.0. The monoisotopic (exact) mass is 312 g/mol. The molecule has 0 N–H and O–H groups in total. The largest absolute Gasteiger partial charge is 0.468 e. The second-order valence-corrected chi connectivity index (χ2v) is 5.16. The molecule has 4 nitrogen and oxygen atoms in total. The molecule has 0 spiro atoms. The van der Waals surface area contributed by atoms with E-state index in [1.54, 1.807) is 13.8 Å². The molecule has 0 radical (unpaired) electrons. The van der Waals surface area contributed by atoms with E-state index in [2.05, 4.69) is 0 Å². The van der Waals surface area contributed by atoms with Gasteiger partial charge in [0.2, 0.25) is 0 Å². The number of benzene rings is 2. The minimum Gasteiger partial charge on any atom is -0.468 e. The number of carbonyl (C=O) groups is 2. The molecule has 2 rings (SSSR count). The zero-order valence-corrected chi connectivity index (χ0v) is 13.4. The Labute approximate surface area is 136 Å². The zero-order chi connectivity index (χ0) is 16.7. The second-order valence-electron chi connectivity index (χ2n) is 5.16. The van der Waals surface area contributed by atoms with Crippen molar-refractivity contribution in [3.8, 4) is 16.9 Å². The molecule has 0 amide bonds. The van der Waals surface area contributed by atoms with Gasteiger partial charge in [0.1, 0.15) is 12.4 Å². The predicted octanol–water partition coefficient (Wildman–Crippen LogP) is 3.89. The van der Waals surface area contributed by atoms with E-state index in [9.17, 15) is 9.59 Å². The highest BCUT2D eigenvalue weighted by atomic mass is 16.7. The van der Waals surface area contributed by atoms with Crippen molar-refractivity contribution in [3.63, 3.8) is 0 Å². The fraction of sp³-hybridized carbons (Fsp3) is 0.263. The van der Waals surface area contributed by atoms with E-state index in [1.165, 1.54) is 0 Å². The Morgan fingerprint density at radius 3 is 2.00 bits per heavy atom. The maximum absolute atomic E-state index is 11.3. The smallest absolute Gasteiger partial charge is 0.189 e. The van der Waals surface area contributed by atoms with E-state index < -0.39 is 0 Å². The van der Waals surface area contributed by atoms with Gasteiger partial charge in [-0.1, -0.05) is 43.3 Å². The Morgan fingerprint density at radius 2 is 1.48 bits per heavy atom. The molecule has 2 aromatic carbocycles. The average Bonchev–Trinajstić information content (AvgIpc) is 2.59. The molecule has 0 heterocycles. The van der Waals surface area contributed by atoms with E-state index in [0.717, 1.165) is 11.1 Å². The van der Waals surface area contributed by atoms with E-state index in [-0.39, 0.29) is 25.0 Å². The van der Waals surface area contributed by atoms with E-state index in [0.29, 0.717) is 17.7 Å². The average molecular weight is 312 g/mol. The number of ether oxygens (including phenoxy) is 2. The third-order valence-corrected chi connectivity index (χ3v) is 3.45. The number of carbonyl (C=O) groups excluding carboxylic acids is 2. The van der Waals surface area contributed by atoms with Crippen molar-refractivity contribution in [2.75, 3.05) is 13.4 Å². The number of hydrogen-bond acceptors (Lipinski definition) is 4. The van der Waals surface area contributed by atoms with Crippen LogP contribution in [0.1, 0.15) is 30.6 Å². The fourth-order valence-corrected chi connectivity index (χ4v) is 2.01. The Kier molecular flexibility index (Phi) is 6.06. The first-order valence-electron chi connectivity index (χ1n) is 7.54. The van der Waals surface area contributed by atoms with E-state index in [1.807, 2.05) is 48.5 Å². The van der Waals surface area contributed by atoms with Crippen LogP contribution < -0.4 is 4.74 Å². The van der Waals surface area contributed by atoms with Crippen LogP contribution in [0.2, 0.25) is 0 Å². The van der Waals surface area contributed by atoms with Gasteiger partial charge in [-0.05, 0) is 30.2 Å². The predicted molar refractivity (Wildman–Crippen MR) is 88.6 cm³/mol. The van der Waals surface area contributed by atoms with Crippen LogP contribution in [-0.2, 0) is 9.53 Å². The summed E-state index contributed by atoms with van der Waals surface area (Å²) in [5.74, 6) is 0.790. The molecule has 0 atom stereocenters. The molecule has 0 fully saturated rings. The molecule has 0 unspecified atom stereocenters. The molecule has 4 heteroatoms. The number of ketones is 2. The maximum Gasteiger partial charge on any atom is 0.189 e. The van der Waals surface area contributed by atoms with Crippen LogP contribution in [0.25, 0.3) is 11.1 Å². The first-order valence-corrected chi connectivity index (χ1v) is 7.54. The lowest BCUT2D eigenvalue weighted by molar-refractivity contribution is -0.125. The highest BCUT2D eigenvalue weighted by Crippen LogP contribution is 2.23. The normalized spacial score (nSPS) is 10.3. The molecular formula is C19H20O4. The van der Waals surface area contributed by atoms with E-state index >= 15 is 0 Å². The molecule has 2 aromatic rings. The van der Waals surface area contributed by atoms with Gasteiger partial charge in [0.05, 0.1) is 0 Å². The van der Waals surface area contributed by atoms with Gasteiger partial charge >= 0.3 is 0 Å².